The first-order valence-electron chi connectivity index (χ1n) is 6.21. The van der Waals surface area contributed by atoms with Gasteiger partial charge in [-0.25, -0.2) is 9.78 Å². The smallest absolute Gasteiger partial charge is 0.388 e. The topological polar surface area (TPSA) is 73.0 Å². The maximum atomic E-state index is 11.6. The standard InChI is InChI=1S/C12H16N4O2/c1-7-14-9(8-3-5-13-6-4-8)10-11(15-7)18-12(17)16(10)2/h8,13H,3-6H2,1-2H3. The lowest BCUT2D eigenvalue weighted by Gasteiger charge is -2.22. The van der Waals surface area contributed by atoms with E-state index in [1.807, 2.05) is 6.92 Å². The van der Waals surface area contributed by atoms with Crippen molar-refractivity contribution in [3.8, 4) is 0 Å². The Balaban J connectivity index is 2.22. The summed E-state index contributed by atoms with van der Waals surface area (Å²) in [5.74, 6) is 0.657. The number of nitrogens with zero attached hydrogens (tertiary/aromatic N) is 3. The number of aromatic nitrogens is 3. The predicted octanol–water partition coefficient (Wildman–Crippen LogP) is 0.697. The van der Waals surface area contributed by atoms with E-state index in [0.717, 1.165) is 37.1 Å². The van der Waals surface area contributed by atoms with Gasteiger partial charge in [0.25, 0.3) is 5.71 Å². The van der Waals surface area contributed by atoms with Gasteiger partial charge in [-0.05, 0) is 32.9 Å². The van der Waals surface area contributed by atoms with E-state index in [0.29, 0.717) is 17.5 Å². The molecule has 18 heavy (non-hydrogen) atoms. The van der Waals surface area contributed by atoms with Crippen LogP contribution in [0, 0.1) is 6.92 Å². The highest BCUT2D eigenvalue weighted by molar-refractivity contribution is 5.72. The normalized spacial score (nSPS) is 17.4. The Labute approximate surface area is 104 Å². The fraction of sp³-hybridized carbons (Fsp3) is 0.583. The predicted molar refractivity (Wildman–Crippen MR) is 66.6 cm³/mol. The summed E-state index contributed by atoms with van der Waals surface area (Å²) in [6, 6.07) is 0. The van der Waals surface area contributed by atoms with E-state index in [-0.39, 0.29) is 5.76 Å². The summed E-state index contributed by atoms with van der Waals surface area (Å²) in [6.07, 6.45) is 2.07. The van der Waals surface area contributed by atoms with Gasteiger partial charge >= 0.3 is 5.76 Å². The van der Waals surface area contributed by atoms with Gasteiger partial charge < -0.3 is 9.73 Å². The Hall–Kier alpha value is -1.69. The molecule has 2 aromatic heterocycles. The maximum Gasteiger partial charge on any atom is 0.421 e. The molecule has 6 nitrogen and oxygen atoms in total. The lowest BCUT2D eigenvalue weighted by atomic mass is 9.93. The van der Waals surface area contributed by atoms with Gasteiger partial charge in [0.1, 0.15) is 11.3 Å². The number of hydrogen-bond acceptors (Lipinski definition) is 5. The van der Waals surface area contributed by atoms with Gasteiger partial charge in [0.2, 0.25) is 0 Å². The number of nitrogens with one attached hydrogen (secondary N) is 1. The van der Waals surface area contributed by atoms with Crippen LogP contribution in [-0.2, 0) is 7.05 Å². The second-order valence-corrected chi connectivity index (χ2v) is 4.76. The van der Waals surface area contributed by atoms with Crippen LogP contribution in [0.15, 0.2) is 9.21 Å². The highest BCUT2D eigenvalue weighted by atomic mass is 16.4. The average Bonchev–Trinajstić information content (AvgIpc) is 2.65. The molecular weight excluding hydrogens is 232 g/mol. The second kappa shape index (κ2) is 4.20. The minimum Gasteiger partial charge on any atom is -0.388 e. The third-order valence-corrected chi connectivity index (χ3v) is 3.51. The molecule has 1 aliphatic heterocycles. The maximum absolute atomic E-state index is 11.6. The van der Waals surface area contributed by atoms with E-state index in [4.69, 9.17) is 4.42 Å². The Morgan fingerprint density at radius 1 is 1.33 bits per heavy atom. The van der Waals surface area contributed by atoms with Crippen molar-refractivity contribution in [2.45, 2.75) is 25.7 Å². The zero-order valence-electron chi connectivity index (χ0n) is 10.6. The largest absolute Gasteiger partial charge is 0.421 e. The molecule has 0 unspecified atom stereocenters. The quantitative estimate of drug-likeness (QED) is 0.804. The van der Waals surface area contributed by atoms with Crippen molar-refractivity contribution < 1.29 is 4.42 Å². The van der Waals surface area contributed by atoms with Gasteiger partial charge in [0, 0.05) is 13.0 Å². The molecule has 3 heterocycles. The van der Waals surface area contributed by atoms with Crippen molar-refractivity contribution >= 4 is 11.2 Å². The summed E-state index contributed by atoms with van der Waals surface area (Å²) in [6.45, 7) is 3.80. The van der Waals surface area contributed by atoms with Crippen LogP contribution in [0.5, 0.6) is 0 Å². The molecule has 1 saturated heterocycles. The number of oxazole rings is 1. The third kappa shape index (κ3) is 1.73. The Morgan fingerprint density at radius 2 is 2.06 bits per heavy atom. The molecule has 1 fully saturated rings. The summed E-state index contributed by atoms with van der Waals surface area (Å²) in [4.78, 5) is 20.3. The Kier molecular flexibility index (Phi) is 2.66. The molecule has 6 heteroatoms. The van der Waals surface area contributed by atoms with Gasteiger partial charge in [-0.1, -0.05) is 0 Å². The van der Waals surface area contributed by atoms with Crippen LogP contribution in [0.1, 0.15) is 30.3 Å². The summed E-state index contributed by atoms with van der Waals surface area (Å²) in [7, 11) is 1.71. The van der Waals surface area contributed by atoms with E-state index in [9.17, 15) is 4.79 Å². The summed E-state index contributed by atoms with van der Waals surface area (Å²) in [5.41, 5.74) is 2.10. The van der Waals surface area contributed by atoms with Crippen molar-refractivity contribution in [2.75, 3.05) is 13.1 Å². The van der Waals surface area contributed by atoms with E-state index >= 15 is 0 Å². The first-order chi connectivity index (χ1) is 8.66. The van der Waals surface area contributed by atoms with E-state index in [1.54, 1.807) is 7.05 Å². The molecule has 0 amide bonds. The lowest BCUT2D eigenvalue weighted by molar-refractivity contribution is 0.453. The highest BCUT2D eigenvalue weighted by Gasteiger charge is 2.23. The number of hydrogen-bond donors (Lipinski definition) is 1. The summed E-state index contributed by atoms with van der Waals surface area (Å²) in [5, 5.41) is 3.33. The van der Waals surface area contributed by atoms with E-state index < -0.39 is 0 Å². The fourth-order valence-corrected chi connectivity index (χ4v) is 2.57. The van der Waals surface area contributed by atoms with Crippen LogP contribution >= 0.6 is 0 Å². The van der Waals surface area contributed by atoms with Crippen molar-refractivity contribution in [1.82, 2.24) is 19.9 Å². The van der Waals surface area contributed by atoms with Gasteiger partial charge in [-0.3, -0.25) is 4.57 Å². The van der Waals surface area contributed by atoms with Crippen molar-refractivity contribution in [2.24, 2.45) is 7.05 Å². The molecule has 0 radical (unpaired) electrons. The monoisotopic (exact) mass is 248 g/mol. The van der Waals surface area contributed by atoms with Crippen LogP contribution in [0.4, 0.5) is 0 Å². The molecule has 0 atom stereocenters. The second-order valence-electron chi connectivity index (χ2n) is 4.76. The third-order valence-electron chi connectivity index (χ3n) is 3.51. The molecule has 0 bridgehead atoms. The van der Waals surface area contributed by atoms with Gasteiger partial charge in [-0.15, -0.1) is 0 Å². The number of aryl methyl sites for hydroxylation is 2. The Bertz CT molecular complexity index is 637. The van der Waals surface area contributed by atoms with E-state index in [1.165, 1.54) is 4.57 Å². The molecule has 1 aliphatic rings. The summed E-state index contributed by atoms with van der Waals surface area (Å²) < 4.78 is 6.66. The molecule has 96 valence electrons. The van der Waals surface area contributed by atoms with Crippen LogP contribution in [-0.4, -0.2) is 27.6 Å². The van der Waals surface area contributed by atoms with Crippen LogP contribution in [0.2, 0.25) is 0 Å². The molecule has 2 aromatic rings. The van der Waals surface area contributed by atoms with Crippen molar-refractivity contribution in [1.29, 1.82) is 0 Å². The molecule has 0 saturated carbocycles. The van der Waals surface area contributed by atoms with Crippen LogP contribution < -0.4 is 11.1 Å². The minimum absolute atomic E-state index is 0.374. The molecule has 0 aromatic carbocycles. The Morgan fingerprint density at radius 3 is 2.78 bits per heavy atom. The SMILES string of the molecule is Cc1nc(C2CCNCC2)c2c(n1)oc(=O)n2C. The molecule has 3 rings (SSSR count). The fourth-order valence-electron chi connectivity index (χ4n) is 2.57. The average molecular weight is 248 g/mol. The van der Waals surface area contributed by atoms with Gasteiger partial charge in [0.15, 0.2) is 0 Å². The van der Waals surface area contributed by atoms with Crippen LogP contribution in [0.25, 0.3) is 11.2 Å². The highest BCUT2D eigenvalue weighted by Crippen LogP contribution is 2.28. The van der Waals surface area contributed by atoms with Crippen LogP contribution in [0.3, 0.4) is 0 Å². The zero-order chi connectivity index (χ0) is 12.7. The van der Waals surface area contributed by atoms with Gasteiger partial charge in [0.05, 0.1) is 5.69 Å². The zero-order valence-corrected chi connectivity index (χ0v) is 10.6. The summed E-state index contributed by atoms with van der Waals surface area (Å²) >= 11 is 0. The number of piperidine rings is 1. The minimum atomic E-state index is -0.375. The first kappa shape index (κ1) is 11.4. The molecule has 0 aliphatic carbocycles. The molecule has 1 N–H and O–H groups in total. The van der Waals surface area contributed by atoms with E-state index in [2.05, 4.69) is 15.3 Å². The molecular formula is C12H16N4O2. The molecule has 0 spiro atoms. The first-order valence-corrected chi connectivity index (χ1v) is 6.21. The van der Waals surface area contributed by atoms with Crippen molar-refractivity contribution in [3.63, 3.8) is 0 Å². The number of fused-ring (bicyclic) bond motifs is 1. The van der Waals surface area contributed by atoms with Gasteiger partial charge in [-0.2, -0.15) is 4.98 Å². The number of rotatable bonds is 1. The lowest BCUT2D eigenvalue weighted by Crippen LogP contribution is -2.27. The van der Waals surface area contributed by atoms with Crippen molar-refractivity contribution in [3.05, 3.63) is 22.1 Å².